The molecule has 0 spiro atoms. The van der Waals surface area contributed by atoms with Gasteiger partial charge >= 0.3 is 0 Å². The van der Waals surface area contributed by atoms with Crippen molar-refractivity contribution in [2.45, 2.75) is 13.8 Å². The van der Waals surface area contributed by atoms with Gasteiger partial charge in [0.25, 0.3) is 0 Å². The van der Waals surface area contributed by atoms with Gasteiger partial charge < -0.3 is 5.32 Å². The molecule has 0 saturated heterocycles. The molecule has 0 aliphatic carbocycles. The summed E-state index contributed by atoms with van der Waals surface area (Å²) in [5.74, 6) is 1.05. The van der Waals surface area contributed by atoms with Crippen LogP contribution in [-0.2, 0) is 0 Å². The van der Waals surface area contributed by atoms with Gasteiger partial charge in [-0.05, 0) is 41.9 Å². The third kappa shape index (κ3) is 2.79. The summed E-state index contributed by atoms with van der Waals surface area (Å²) in [6.07, 6.45) is 0. The van der Waals surface area contributed by atoms with E-state index in [0.29, 0.717) is 27.5 Å². The molecule has 0 atom stereocenters. The third-order valence-corrected chi connectivity index (χ3v) is 2.74. The number of rotatable bonds is 2. The highest BCUT2D eigenvalue weighted by Gasteiger charge is 2.05. The number of benzene rings is 1. The van der Waals surface area contributed by atoms with E-state index in [4.69, 9.17) is 0 Å². The van der Waals surface area contributed by atoms with Gasteiger partial charge in [0.1, 0.15) is 22.1 Å². The molecule has 88 valence electrons. The number of nitrogens with zero attached hydrogens (tertiary/aromatic N) is 2. The summed E-state index contributed by atoms with van der Waals surface area (Å²) < 4.78 is 14.1. The van der Waals surface area contributed by atoms with E-state index in [-0.39, 0.29) is 5.82 Å². The maximum atomic E-state index is 13.4. The van der Waals surface area contributed by atoms with Crippen molar-refractivity contribution in [2.75, 3.05) is 5.32 Å². The van der Waals surface area contributed by atoms with Gasteiger partial charge in [-0.3, -0.25) is 0 Å². The van der Waals surface area contributed by atoms with Crippen molar-refractivity contribution in [3.63, 3.8) is 0 Å². The van der Waals surface area contributed by atoms with Gasteiger partial charge in [-0.1, -0.05) is 6.07 Å². The average molecular weight is 296 g/mol. The molecule has 2 rings (SSSR count). The highest BCUT2D eigenvalue weighted by Crippen LogP contribution is 2.22. The van der Waals surface area contributed by atoms with Crippen molar-refractivity contribution in [1.29, 1.82) is 0 Å². The standard InChI is InChI=1S/C12H11BrFN3/c1-7-9(14)4-3-5-10(7)17-12-6-11(13)15-8(2)16-12/h3-6H,1-2H3,(H,15,16,17). The van der Waals surface area contributed by atoms with Crippen LogP contribution >= 0.6 is 15.9 Å². The number of aryl methyl sites for hydroxylation is 1. The molecule has 5 heteroatoms. The summed E-state index contributed by atoms with van der Waals surface area (Å²) in [7, 11) is 0. The van der Waals surface area contributed by atoms with Crippen LogP contribution in [0.2, 0.25) is 0 Å². The fraction of sp³-hybridized carbons (Fsp3) is 0.167. The van der Waals surface area contributed by atoms with E-state index in [1.54, 1.807) is 26.0 Å². The van der Waals surface area contributed by atoms with E-state index in [9.17, 15) is 4.39 Å². The normalized spacial score (nSPS) is 10.4. The largest absolute Gasteiger partial charge is 0.340 e. The van der Waals surface area contributed by atoms with Crippen LogP contribution in [0.5, 0.6) is 0 Å². The Bertz CT molecular complexity index is 537. The van der Waals surface area contributed by atoms with Crippen LogP contribution in [0, 0.1) is 19.7 Å². The number of anilines is 2. The van der Waals surface area contributed by atoms with E-state index in [2.05, 4.69) is 31.2 Å². The zero-order valence-electron chi connectivity index (χ0n) is 9.46. The molecule has 17 heavy (non-hydrogen) atoms. The number of nitrogens with one attached hydrogen (secondary N) is 1. The molecule has 1 N–H and O–H groups in total. The SMILES string of the molecule is Cc1nc(Br)cc(Nc2cccc(F)c2C)n1. The molecule has 1 heterocycles. The molecule has 1 aromatic heterocycles. The van der Waals surface area contributed by atoms with E-state index < -0.39 is 0 Å². The fourth-order valence-corrected chi connectivity index (χ4v) is 1.95. The summed E-state index contributed by atoms with van der Waals surface area (Å²) in [6.45, 7) is 3.52. The molecule has 0 aliphatic rings. The van der Waals surface area contributed by atoms with E-state index in [0.717, 1.165) is 0 Å². The highest BCUT2D eigenvalue weighted by atomic mass is 79.9. The highest BCUT2D eigenvalue weighted by molar-refractivity contribution is 9.10. The Morgan fingerprint density at radius 3 is 2.71 bits per heavy atom. The molecule has 3 nitrogen and oxygen atoms in total. The topological polar surface area (TPSA) is 37.8 Å². The molecule has 0 aliphatic heterocycles. The smallest absolute Gasteiger partial charge is 0.135 e. The summed E-state index contributed by atoms with van der Waals surface area (Å²) in [5.41, 5.74) is 1.27. The van der Waals surface area contributed by atoms with E-state index in [1.807, 2.05) is 6.07 Å². The molecule has 1 aromatic carbocycles. The lowest BCUT2D eigenvalue weighted by molar-refractivity contribution is 0.619. The number of hydrogen-bond acceptors (Lipinski definition) is 3. The van der Waals surface area contributed by atoms with Gasteiger partial charge in [-0.25, -0.2) is 14.4 Å². The number of halogens is 2. The summed E-state index contributed by atoms with van der Waals surface area (Å²) >= 11 is 3.29. The summed E-state index contributed by atoms with van der Waals surface area (Å²) in [4.78, 5) is 8.33. The fourth-order valence-electron chi connectivity index (χ4n) is 1.48. The lowest BCUT2D eigenvalue weighted by Gasteiger charge is -2.09. The van der Waals surface area contributed by atoms with Crippen molar-refractivity contribution in [1.82, 2.24) is 9.97 Å². The Kier molecular flexibility index (Phi) is 3.38. The van der Waals surface area contributed by atoms with Crippen LogP contribution in [0.3, 0.4) is 0 Å². The van der Waals surface area contributed by atoms with Crippen LogP contribution in [0.25, 0.3) is 0 Å². The molecule has 0 saturated carbocycles. The minimum absolute atomic E-state index is 0.236. The second-order valence-electron chi connectivity index (χ2n) is 3.66. The van der Waals surface area contributed by atoms with Crippen molar-refractivity contribution in [2.24, 2.45) is 0 Å². The maximum Gasteiger partial charge on any atom is 0.135 e. The Morgan fingerprint density at radius 2 is 2.00 bits per heavy atom. The van der Waals surface area contributed by atoms with Gasteiger partial charge in [0.2, 0.25) is 0 Å². The van der Waals surface area contributed by atoms with Gasteiger partial charge in [-0.15, -0.1) is 0 Å². The molecule has 0 bridgehead atoms. The van der Waals surface area contributed by atoms with Gasteiger partial charge in [0.05, 0.1) is 0 Å². The van der Waals surface area contributed by atoms with Crippen molar-refractivity contribution in [3.05, 3.63) is 46.1 Å². The van der Waals surface area contributed by atoms with Crippen LogP contribution in [0.1, 0.15) is 11.4 Å². The Labute approximate surface area is 107 Å². The second kappa shape index (κ2) is 4.79. The van der Waals surface area contributed by atoms with E-state index in [1.165, 1.54) is 6.07 Å². The molecule has 2 aromatic rings. The van der Waals surface area contributed by atoms with Crippen molar-refractivity contribution in [3.8, 4) is 0 Å². The van der Waals surface area contributed by atoms with E-state index >= 15 is 0 Å². The molecule has 0 unspecified atom stereocenters. The summed E-state index contributed by atoms with van der Waals surface area (Å²) in [5, 5.41) is 3.07. The van der Waals surface area contributed by atoms with Crippen LogP contribution in [0.15, 0.2) is 28.9 Å². The summed E-state index contributed by atoms with van der Waals surface area (Å²) in [6, 6.07) is 6.65. The third-order valence-electron chi connectivity index (χ3n) is 2.34. The minimum Gasteiger partial charge on any atom is -0.340 e. The van der Waals surface area contributed by atoms with Gasteiger partial charge in [0, 0.05) is 17.3 Å². The van der Waals surface area contributed by atoms with Crippen molar-refractivity contribution < 1.29 is 4.39 Å². The quantitative estimate of drug-likeness (QED) is 0.858. The second-order valence-corrected chi connectivity index (χ2v) is 4.47. The number of hydrogen-bond donors (Lipinski definition) is 1. The lowest BCUT2D eigenvalue weighted by Crippen LogP contribution is -1.99. The average Bonchev–Trinajstić information content (AvgIpc) is 2.23. The monoisotopic (exact) mass is 295 g/mol. The first-order valence-electron chi connectivity index (χ1n) is 5.09. The van der Waals surface area contributed by atoms with Gasteiger partial charge in [0.15, 0.2) is 0 Å². The molecule has 0 fully saturated rings. The van der Waals surface area contributed by atoms with Gasteiger partial charge in [-0.2, -0.15) is 0 Å². The predicted octanol–water partition coefficient (Wildman–Crippen LogP) is 3.74. The lowest BCUT2D eigenvalue weighted by atomic mass is 10.2. The maximum absolute atomic E-state index is 13.4. The van der Waals surface area contributed by atoms with Crippen LogP contribution in [-0.4, -0.2) is 9.97 Å². The van der Waals surface area contributed by atoms with Crippen LogP contribution in [0.4, 0.5) is 15.9 Å². The first-order valence-corrected chi connectivity index (χ1v) is 5.89. The molecular weight excluding hydrogens is 285 g/mol. The molecule has 0 amide bonds. The molecule has 0 radical (unpaired) electrons. The Balaban J connectivity index is 2.34. The first kappa shape index (κ1) is 12.0. The number of aromatic nitrogens is 2. The van der Waals surface area contributed by atoms with Crippen molar-refractivity contribution >= 4 is 27.4 Å². The molecular formula is C12H11BrFN3. The zero-order chi connectivity index (χ0) is 12.4. The first-order chi connectivity index (χ1) is 8.06. The Hall–Kier alpha value is -1.49. The predicted molar refractivity (Wildman–Crippen MR) is 68.9 cm³/mol. The van der Waals surface area contributed by atoms with Crippen LogP contribution < -0.4 is 5.32 Å². The minimum atomic E-state index is -0.236. The zero-order valence-corrected chi connectivity index (χ0v) is 11.0. The Morgan fingerprint density at radius 1 is 1.24 bits per heavy atom.